The molecule has 0 saturated carbocycles. The lowest BCUT2D eigenvalue weighted by Gasteiger charge is -2.28. The quantitative estimate of drug-likeness (QED) is 0.638. The summed E-state index contributed by atoms with van der Waals surface area (Å²) < 4.78 is 39.7. The zero-order valence-corrected chi connectivity index (χ0v) is 9.73. The molecule has 0 aromatic rings. The number of likely N-dealkylation sites (N-methyl/N-ethyl adjacent to an activating group) is 1. The molecule has 0 fully saturated rings. The van der Waals surface area contributed by atoms with Gasteiger partial charge in [0, 0.05) is 12.1 Å². The van der Waals surface area contributed by atoms with Crippen molar-refractivity contribution in [3.05, 3.63) is 0 Å². The van der Waals surface area contributed by atoms with Gasteiger partial charge in [0.2, 0.25) is 0 Å². The summed E-state index contributed by atoms with van der Waals surface area (Å²) in [6.45, 7) is 3.26. The number of aliphatic hydroxyl groups is 1. The minimum atomic E-state index is -4.26. The third-order valence-corrected chi connectivity index (χ3v) is 2.24. The molecule has 0 aromatic carbocycles. The maximum Gasteiger partial charge on any atom is 0.411 e. The minimum Gasteiger partial charge on any atom is -0.394 e. The smallest absolute Gasteiger partial charge is 0.394 e. The molecule has 98 valence electrons. The Morgan fingerprint density at radius 1 is 1.31 bits per heavy atom. The molecule has 3 nitrogen and oxygen atoms in total. The summed E-state index contributed by atoms with van der Waals surface area (Å²) in [6.07, 6.45) is -3.20. The SMILES string of the molecule is CCNC(C)(CO)CCCOCC(F)(F)F. The van der Waals surface area contributed by atoms with E-state index in [1.165, 1.54) is 0 Å². The van der Waals surface area contributed by atoms with Crippen LogP contribution in [0.3, 0.4) is 0 Å². The predicted octanol–water partition coefficient (Wildman–Crippen LogP) is 1.71. The molecule has 0 spiro atoms. The Morgan fingerprint density at radius 3 is 2.38 bits per heavy atom. The second-order valence-electron chi connectivity index (χ2n) is 4.02. The monoisotopic (exact) mass is 243 g/mol. The maximum atomic E-state index is 11.7. The van der Waals surface area contributed by atoms with Crippen LogP contribution in [0.5, 0.6) is 0 Å². The number of aliphatic hydroxyl groups excluding tert-OH is 1. The minimum absolute atomic E-state index is 0.0416. The molecule has 6 heteroatoms. The van der Waals surface area contributed by atoms with Gasteiger partial charge in [-0.05, 0) is 26.3 Å². The van der Waals surface area contributed by atoms with Gasteiger partial charge in [0.1, 0.15) is 6.61 Å². The molecule has 16 heavy (non-hydrogen) atoms. The van der Waals surface area contributed by atoms with Crippen LogP contribution in [0.2, 0.25) is 0 Å². The largest absolute Gasteiger partial charge is 0.411 e. The van der Waals surface area contributed by atoms with Crippen molar-refractivity contribution in [1.29, 1.82) is 0 Å². The fourth-order valence-electron chi connectivity index (χ4n) is 1.40. The zero-order valence-electron chi connectivity index (χ0n) is 9.73. The number of alkyl halides is 3. The molecule has 0 rings (SSSR count). The molecular formula is C10H20F3NO2. The first kappa shape index (κ1) is 15.7. The van der Waals surface area contributed by atoms with Gasteiger partial charge in [0.15, 0.2) is 0 Å². The second kappa shape index (κ2) is 7.09. The van der Waals surface area contributed by atoms with E-state index in [4.69, 9.17) is 5.11 Å². The first-order chi connectivity index (χ1) is 7.33. The van der Waals surface area contributed by atoms with Gasteiger partial charge in [-0.1, -0.05) is 6.92 Å². The van der Waals surface area contributed by atoms with Crippen LogP contribution in [0, 0.1) is 0 Å². The standard InChI is InChI=1S/C10H20F3NO2/c1-3-14-9(2,7-15)5-4-6-16-8-10(11,12)13/h14-15H,3-8H2,1-2H3. The van der Waals surface area contributed by atoms with E-state index in [2.05, 4.69) is 10.1 Å². The van der Waals surface area contributed by atoms with Crippen molar-refractivity contribution in [3.8, 4) is 0 Å². The molecule has 0 heterocycles. The summed E-state index contributed by atoms with van der Waals surface area (Å²) in [4.78, 5) is 0. The van der Waals surface area contributed by atoms with Crippen LogP contribution < -0.4 is 5.32 Å². The Labute approximate surface area is 94.0 Å². The average Bonchev–Trinajstić information content (AvgIpc) is 2.16. The molecule has 0 aliphatic heterocycles. The van der Waals surface area contributed by atoms with E-state index < -0.39 is 18.3 Å². The van der Waals surface area contributed by atoms with Crippen LogP contribution in [-0.4, -0.2) is 43.2 Å². The first-order valence-electron chi connectivity index (χ1n) is 5.33. The first-order valence-corrected chi connectivity index (χ1v) is 5.33. The molecule has 0 aliphatic rings. The molecule has 0 radical (unpaired) electrons. The summed E-state index contributed by atoms with van der Waals surface area (Å²) >= 11 is 0. The topological polar surface area (TPSA) is 41.5 Å². The highest BCUT2D eigenvalue weighted by Gasteiger charge is 2.27. The fourth-order valence-corrected chi connectivity index (χ4v) is 1.40. The number of ether oxygens (including phenoxy) is 1. The van der Waals surface area contributed by atoms with Gasteiger partial charge < -0.3 is 15.2 Å². The van der Waals surface area contributed by atoms with E-state index in [-0.39, 0.29) is 13.2 Å². The Morgan fingerprint density at radius 2 is 1.94 bits per heavy atom. The zero-order chi connectivity index (χ0) is 12.7. The van der Waals surface area contributed by atoms with Crippen LogP contribution in [0.4, 0.5) is 13.2 Å². The van der Waals surface area contributed by atoms with Crippen molar-refractivity contribution < 1.29 is 23.0 Å². The summed E-state index contributed by atoms with van der Waals surface area (Å²) in [6, 6.07) is 0. The fraction of sp³-hybridized carbons (Fsp3) is 1.00. The predicted molar refractivity (Wildman–Crippen MR) is 55.3 cm³/mol. The summed E-state index contributed by atoms with van der Waals surface area (Å²) in [5, 5.41) is 12.2. The van der Waals surface area contributed by atoms with Crippen LogP contribution in [0.25, 0.3) is 0 Å². The molecule has 0 amide bonds. The lowest BCUT2D eigenvalue weighted by atomic mass is 9.97. The summed E-state index contributed by atoms with van der Waals surface area (Å²) in [5.74, 6) is 0. The highest BCUT2D eigenvalue weighted by molar-refractivity contribution is 4.81. The Kier molecular flexibility index (Phi) is 6.94. The number of hydrogen-bond donors (Lipinski definition) is 2. The number of hydrogen-bond acceptors (Lipinski definition) is 3. The van der Waals surface area contributed by atoms with Crippen LogP contribution in [0.1, 0.15) is 26.7 Å². The number of nitrogens with one attached hydrogen (secondary N) is 1. The lowest BCUT2D eigenvalue weighted by molar-refractivity contribution is -0.174. The van der Waals surface area contributed by atoms with Crippen molar-refractivity contribution >= 4 is 0 Å². The molecule has 0 saturated heterocycles. The normalized spacial score (nSPS) is 16.1. The van der Waals surface area contributed by atoms with E-state index in [1.54, 1.807) is 0 Å². The molecule has 0 aromatic heterocycles. The van der Waals surface area contributed by atoms with Crippen molar-refractivity contribution in [2.24, 2.45) is 0 Å². The van der Waals surface area contributed by atoms with Gasteiger partial charge in [-0.15, -0.1) is 0 Å². The third kappa shape index (κ3) is 7.90. The van der Waals surface area contributed by atoms with E-state index >= 15 is 0 Å². The van der Waals surface area contributed by atoms with Crippen molar-refractivity contribution in [1.82, 2.24) is 5.32 Å². The van der Waals surface area contributed by atoms with Gasteiger partial charge in [-0.3, -0.25) is 0 Å². The molecule has 1 unspecified atom stereocenters. The van der Waals surface area contributed by atoms with Gasteiger partial charge in [-0.2, -0.15) is 13.2 Å². The highest BCUT2D eigenvalue weighted by atomic mass is 19.4. The Bertz CT molecular complexity index is 187. The Balaban J connectivity index is 3.64. The van der Waals surface area contributed by atoms with Crippen LogP contribution in [-0.2, 0) is 4.74 Å². The number of halogens is 3. The van der Waals surface area contributed by atoms with E-state index in [0.717, 1.165) is 0 Å². The molecule has 2 N–H and O–H groups in total. The van der Waals surface area contributed by atoms with E-state index in [1.807, 2.05) is 13.8 Å². The van der Waals surface area contributed by atoms with Crippen molar-refractivity contribution in [2.45, 2.75) is 38.4 Å². The van der Waals surface area contributed by atoms with Gasteiger partial charge in [0.05, 0.1) is 6.61 Å². The van der Waals surface area contributed by atoms with E-state index in [9.17, 15) is 13.2 Å². The van der Waals surface area contributed by atoms with E-state index in [0.29, 0.717) is 19.4 Å². The van der Waals surface area contributed by atoms with Gasteiger partial charge >= 0.3 is 6.18 Å². The molecule has 0 bridgehead atoms. The molecule has 1 atom stereocenters. The lowest BCUT2D eigenvalue weighted by Crippen LogP contribution is -2.45. The Hall–Kier alpha value is -0.330. The summed E-state index contributed by atoms with van der Waals surface area (Å²) in [5.41, 5.74) is -0.434. The third-order valence-electron chi connectivity index (χ3n) is 2.24. The number of rotatable bonds is 8. The maximum absolute atomic E-state index is 11.7. The summed E-state index contributed by atoms with van der Waals surface area (Å²) in [7, 11) is 0. The van der Waals surface area contributed by atoms with Crippen LogP contribution >= 0.6 is 0 Å². The van der Waals surface area contributed by atoms with Crippen LogP contribution in [0.15, 0.2) is 0 Å². The van der Waals surface area contributed by atoms with Crippen molar-refractivity contribution in [3.63, 3.8) is 0 Å². The average molecular weight is 243 g/mol. The van der Waals surface area contributed by atoms with Gasteiger partial charge in [0.25, 0.3) is 0 Å². The van der Waals surface area contributed by atoms with Crippen molar-refractivity contribution in [2.75, 3.05) is 26.4 Å². The van der Waals surface area contributed by atoms with Gasteiger partial charge in [-0.25, -0.2) is 0 Å². The highest BCUT2D eigenvalue weighted by Crippen LogP contribution is 2.16. The molecule has 0 aliphatic carbocycles. The second-order valence-corrected chi connectivity index (χ2v) is 4.02. The molecular weight excluding hydrogens is 223 g/mol.